The number of alkyl halides is 3. The zero-order valence-corrected chi connectivity index (χ0v) is 15.1. The molecular weight excluding hydrogens is 377 g/mol. The van der Waals surface area contributed by atoms with Crippen LogP contribution in [0.3, 0.4) is 0 Å². The van der Waals surface area contributed by atoms with Gasteiger partial charge in [0.2, 0.25) is 5.91 Å². The molecule has 0 radical (unpaired) electrons. The third-order valence-electron chi connectivity index (χ3n) is 4.27. The van der Waals surface area contributed by atoms with Crippen LogP contribution in [0.5, 0.6) is 0 Å². The van der Waals surface area contributed by atoms with Gasteiger partial charge in [0, 0.05) is 42.7 Å². The molecule has 1 aliphatic rings. The summed E-state index contributed by atoms with van der Waals surface area (Å²) in [6, 6.07) is 8.00. The van der Waals surface area contributed by atoms with Crippen LogP contribution in [-0.4, -0.2) is 47.8 Å². The summed E-state index contributed by atoms with van der Waals surface area (Å²) in [6.45, 7) is 1.47. The van der Waals surface area contributed by atoms with Gasteiger partial charge in [-0.25, -0.2) is 0 Å². The van der Waals surface area contributed by atoms with Crippen molar-refractivity contribution >= 4 is 29.2 Å². The van der Waals surface area contributed by atoms with Crippen LogP contribution in [-0.2, 0) is 11.0 Å². The quantitative estimate of drug-likeness (QED) is 0.744. The summed E-state index contributed by atoms with van der Waals surface area (Å²) >= 11 is 1.54. The number of benzene rings is 1. The van der Waals surface area contributed by atoms with Crippen LogP contribution in [0.4, 0.5) is 13.2 Å². The lowest BCUT2D eigenvalue weighted by Crippen LogP contribution is -2.50. The highest BCUT2D eigenvalue weighted by Gasteiger charge is 2.31. The van der Waals surface area contributed by atoms with Gasteiger partial charge in [-0.05, 0) is 41.8 Å². The predicted octanol–water partition coefficient (Wildman–Crippen LogP) is 3.76. The molecule has 0 atom stereocenters. The summed E-state index contributed by atoms with van der Waals surface area (Å²) in [5.74, 6) is -0.449. The Kier molecular flexibility index (Phi) is 5.65. The smallest absolute Gasteiger partial charge is 0.336 e. The Morgan fingerprint density at radius 3 is 2.15 bits per heavy atom. The van der Waals surface area contributed by atoms with Gasteiger partial charge in [0.25, 0.3) is 5.91 Å². The third kappa shape index (κ3) is 4.77. The van der Waals surface area contributed by atoms with E-state index in [1.807, 2.05) is 17.5 Å². The van der Waals surface area contributed by atoms with Crippen molar-refractivity contribution in [3.8, 4) is 0 Å². The van der Waals surface area contributed by atoms with E-state index >= 15 is 0 Å². The molecule has 1 aliphatic heterocycles. The van der Waals surface area contributed by atoms with Crippen molar-refractivity contribution < 1.29 is 22.8 Å². The molecule has 1 fully saturated rings. The molecule has 3 rings (SSSR count). The van der Waals surface area contributed by atoms with E-state index in [2.05, 4.69) is 0 Å². The third-order valence-corrected chi connectivity index (χ3v) is 5.11. The Morgan fingerprint density at radius 2 is 1.59 bits per heavy atom. The first kappa shape index (κ1) is 19.2. The fourth-order valence-corrected chi connectivity index (χ4v) is 3.38. The second-order valence-corrected chi connectivity index (χ2v) is 7.02. The average Bonchev–Trinajstić information content (AvgIpc) is 3.19. The van der Waals surface area contributed by atoms with Crippen LogP contribution in [0.15, 0.2) is 47.9 Å². The minimum atomic E-state index is -4.43. The lowest BCUT2D eigenvalue weighted by Gasteiger charge is -2.34. The molecule has 27 heavy (non-hydrogen) atoms. The van der Waals surface area contributed by atoms with Crippen LogP contribution in [0.25, 0.3) is 6.08 Å². The van der Waals surface area contributed by atoms with E-state index in [0.717, 1.165) is 17.0 Å². The second kappa shape index (κ2) is 7.96. The highest BCUT2D eigenvalue weighted by molar-refractivity contribution is 7.10. The highest BCUT2D eigenvalue weighted by Crippen LogP contribution is 2.29. The Labute approximate surface area is 158 Å². The zero-order chi connectivity index (χ0) is 19.4. The normalized spacial score (nSPS) is 15.4. The van der Waals surface area contributed by atoms with Crippen molar-refractivity contribution in [1.82, 2.24) is 9.80 Å². The maximum absolute atomic E-state index is 12.6. The van der Waals surface area contributed by atoms with E-state index in [9.17, 15) is 22.8 Å². The summed E-state index contributed by atoms with van der Waals surface area (Å²) < 4.78 is 37.8. The monoisotopic (exact) mass is 394 g/mol. The van der Waals surface area contributed by atoms with Crippen LogP contribution in [0.2, 0.25) is 0 Å². The molecule has 8 heteroatoms. The van der Waals surface area contributed by atoms with Gasteiger partial charge in [-0.3, -0.25) is 9.59 Å². The molecule has 1 saturated heterocycles. The van der Waals surface area contributed by atoms with Crippen LogP contribution >= 0.6 is 11.3 Å². The van der Waals surface area contributed by atoms with Crippen molar-refractivity contribution in [3.63, 3.8) is 0 Å². The van der Waals surface area contributed by atoms with Gasteiger partial charge in [-0.15, -0.1) is 11.3 Å². The molecule has 142 valence electrons. The predicted molar refractivity (Wildman–Crippen MR) is 97.3 cm³/mol. The number of hydrogen-bond acceptors (Lipinski definition) is 3. The number of piperazine rings is 1. The summed E-state index contributed by atoms with van der Waals surface area (Å²) in [7, 11) is 0. The number of hydrogen-bond donors (Lipinski definition) is 0. The second-order valence-electron chi connectivity index (χ2n) is 6.04. The van der Waals surface area contributed by atoms with Gasteiger partial charge >= 0.3 is 6.18 Å². The van der Waals surface area contributed by atoms with Gasteiger partial charge in [-0.1, -0.05) is 6.07 Å². The molecule has 2 aromatic rings. The van der Waals surface area contributed by atoms with Crippen molar-refractivity contribution in [3.05, 3.63) is 63.9 Å². The van der Waals surface area contributed by atoms with E-state index < -0.39 is 11.7 Å². The largest absolute Gasteiger partial charge is 0.416 e. The van der Waals surface area contributed by atoms with Crippen LogP contribution < -0.4 is 0 Å². The first-order valence-electron chi connectivity index (χ1n) is 8.31. The first-order valence-corrected chi connectivity index (χ1v) is 9.19. The molecule has 4 nitrogen and oxygen atoms in total. The molecule has 1 aromatic heterocycles. The first-order chi connectivity index (χ1) is 12.8. The number of carbonyl (C=O) groups excluding carboxylic acids is 2. The minimum absolute atomic E-state index is 0.120. The average molecular weight is 394 g/mol. The van der Waals surface area contributed by atoms with E-state index in [4.69, 9.17) is 0 Å². The van der Waals surface area contributed by atoms with E-state index in [-0.39, 0.29) is 17.4 Å². The summed E-state index contributed by atoms with van der Waals surface area (Å²) in [6.07, 6.45) is -1.16. The number of halogens is 3. The fourth-order valence-electron chi connectivity index (χ4n) is 2.76. The van der Waals surface area contributed by atoms with Crippen molar-refractivity contribution in [2.24, 2.45) is 0 Å². The molecule has 0 spiro atoms. The molecule has 0 bridgehead atoms. The number of carbonyl (C=O) groups is 2. The molecule has 0 aliphatic carbocycles. The molecule has 0 N–H and O–H groups in total. The lowest BCUT2D eigenvalue weighted by molar-refractivity contribution is -0.137. The molecule has 2 heterocycles. The Bertz CT molecular complexity index is 822. The van der Waals surface area contributed by atoms with Gasteiger partial charge in [0.05, 0.1) is 5.56 Å². The van der Waals surface area contributed by atoms with Crippen LogP contribution in [0, 0.1) is 0 Å². The number of thiophene rings is 1. The maximum Gasteiger partial charge on any atom is 0.416 e. The maximum atomic E-state index is 12.6. The van der Waals surface area contributed by atoms with Gasteiger partial charge in [0.1, 0.15) is 0 Å². The number of amides is 2. The Balaban J connectivity index is 1.55. The Morgan fingerprint density at radius 1 is 0.963 bits per heavy atom. The topological polar surface area (TPSA) is 40.6 Å². The number of nitrogens with zero attached hydrogens (tertiary/aromatic N) is 2. The van der Waals surface area contributed by atoms with Gasteiger partial charge < -0.3 is 9.80 Å². The van der Waals surface area contributed by atoms with Gasteiger partial charge in [-0.2, -0.15) is 13.2 Å². The SMILES string of the molecule is O=C(/C=C/c1cccs1)N1CCN(C(=O)c2ccc(C(F)(F)F)cc2)CC1. The zero-order valence-electron chi connectivity index (χ0n) is 14.3. The van der Waals surface area contributed by atoms with Crippen molar-refractivity contribution in [2.75, 3.05) is 26.2 Å². The van der Waals surface area contributed by atoms with E-state index in [0.29, 0.717) is 26.2 Å². The van der Waals surface area contributed by atoms with Crippen molar-refractivity contribution in [1.29, 1.82) is 0 Å². The molecule has 1 aromatic carbocycles. The summed E-state index contributed by atoms with van der Waals surface area (Å²) in [5.41, 5.74) is -0.577. The molecule has 0 unspecified atom stereocenters. The van der Waals surface area contributed by atoms with Crippen molar-refractivity contribution in [2.45, 2.75) is 6.18 Å². The molecular formula is C19H17F3N2O2S. The lowest BCUT2D eigenvalue weighted by atomic mass is 10.1. The highest BCUT2D eigenvalue weighted by atomic mass is 32.1. The van der Waals surface area contributed by atoms with E-state index in [1.165, 1.54) is 29.5 Å². The molecule has 2 amide bonds. The summed E-state index contributed by atoms with van der Waals surface area (Å²) in [5, 5.41) is 1.93. The summed E-state index contributed by atoms with van der Waals surface area (Å²) in [4.78, 5) is 28.8. The standard InChI is InChI=1S/C19H17F3N2O2S/c20-19(21,22)15-5-3-14(4-6-15)18(26)24-11-9-23(10-12-24)17(25)8-7-16-2-1-13-27-16/h1-8,13H,9-12H2/b8-7+. The molecule has 0 saturated carbocycles. The van der Waals surface area contributed by atoms with Gasteiger partial charge in [0.15, 0.2) is 0 Å². The minimum Gasteiger partial charge on any atom is -0.336 e. The fraction of sp³-hybridized carbons (Fsp3) is 0.263. The van der Waals surface area contributed by atoms with Crippen LogP contribution in [0.1, 0.15) is 20.8 Å². The van der Waals surface area contributed by atoms with E-state index in [1.54, 1.807) is 15.9 Å². The number of rotatable bonds is 3. The Hall–Kier alpha value is -2.61.